The van der Waals surface area contributed by atoms with Gasteiger partial charge >= 0.3 is 0 Å². The largest absolute Gasteiger partial charge is 0.295 e. The number of rotatable bonds is 2. The number of hydrogen-bond donors (Lipinski definition) is 0. The zero-order valence-electron chi connectivity index (χ0n) is 11.8. The Kier molecular flexibility index (Phi) is 2.63. The predicted octanol–water partition coefficient (Wildman–Crippen LogP) is 1.49. The van der Waals surface area contributed by atoms with Crippen molar-refractivity contribution in [3.8, 4) is 5.69 Å². The monoisotopic (exact) mass is 281 g/mol. The molecule has 0 N–H and O–H groups in total. The highest BCUT2D eigenvalue weighted by atomic mass is 16.1. The van der Waals surface area contributed by atoms with E-state index in [1.165, 1.54) is 5.56 Å². The first-order valence-corrected chi connectivity index (χ1v) is 7.22. The summed E-state index contributed by atoms with van der Waals surface area (Å²) in [6, 6.07) is 8.09. The summed E-state index contributed by atoms with van der Waals surface area (Å²) in [5.74, 6) is 0.834. The smallest absolute Gasteiger partial charge is 0.283 e. The summed E-state index contributed by atoms with van der Waals surface area (Å²) in [7, 11) is 0. The van der Waals surface area contributed by atoms with Crippen molar-refractivity contribution < 1.29 is 0 Å². The summed E-state index contributed by atoms with van der Waals surface area (Å²) in [6.07, 6.45) is 2.80. The van der Waals surface area contributed by atoms with Gasteiger partial charge in [0.05, 0.1) is 5.69 Å². The molecule has 0 spiro atoms. The first kappa shape index (κ1) is 12.3. The van der Waals surface area contributed by atoms with E-state index in [9.17, 15) is 4.79 Å². The molecule has 0 unspecified atom stereocenters. The lowest BCUT2D eigenvalue weighted by Crippen LogP contribution is -2.21. The van der Waals surface area contributed by atoms with Crippen LogP contribution in [0.15, 0.2) is 29.1 Å². The molecule has 0 saturated carbocycles. The van der Waals surface area contributed by atoms with E-state index in [0.717, 1.165) is 37.3 Å². The summed E-state index contributed by atoms with van der Waals surface area (Å²) in [4.78, 5) is 17.0. The number of nitrogens with zero attached hydrogens (tertiary/aromatic N) is 5. The van der Waals surface area contributed by atoms with Gasteiger partial charge in [-0.2, -0.15) is 4.68 Å². The Morgan fingerprint density at radius 2 is 2.05 bits per heavy atom. The van der Waals surface area contributed by atoms with Crippen LogP contribution in [0.2, 0.25) is 0 Å². The first-order valence-electron chi connectivity index (χ1n) is 7.22. The molecule has 0 atom stereocenters. The molecule has 2 aromatic heterocycles. The average Bonchev–Trinajstić information content (AvgIpc) is 3.15. The van der Waals surface area contributed by atoms with E-state index in [1.807, 2.05) is 12.1 Å². The Hall–Kier alpha value is -2.50. The average molecular weight is 281 g/mol. The van der Waals surface area contributed by atoms with E-state index in [-0.39, 0.29) is 5.56 Å². The van der Waals surface area contributed by atoms with Gasteiger partial charge in [-0.15, -0.1) is 5.10 Å². The second kappa shape index (κ2) is 4.51. The standard InChI is InChI=1S/C15H15N5O/c1-2-10-5-7-11(8-6-10)20-14-13(17-18-20)15(21)19-9-3-4-12(19)16-14/h5-8H,2-4,9H2,1H3. The molecule has 3 aromatic rings. The van der Waals surface area contributed by atoms with Gasteiger partial charge in [0.1, 0.15) is 5.82 Å². The van der Waals surface area contributed by atoms with E-state index in [0.29, 0.717) is 11.2 Å². The van der Waals surface area contributed by atoms with Crippen LogP contribution in [0.25, 0.3) is 16.9 Å². The maximum absolute atomic E-state index is 12.4. The van der Waals surface area contributed by atoms with Crippen LogP contribution in [-0.2, 0) is 19.4 Å². The van der Waals surface area contributed by atoms with Gasteiger partial charge in [0.15, 0.2) is 11.2 Å². The molecule has 3 heterocycles. The van der Waals surface area contributed by atoms with Gasteiger partial charge in [0.2, 0.25) is 0 Å². The highest BCUT2D eigenvalue weighted by molar-refractivity contribution is 5.70. The third-order valence-corrected chi connectivity index (χ3v) is 4.01. The third-order valence-electron chi connectivity index (χ3n) is 4.01. The van der Waals surface area contributed by atoms with Crippen LogP contribution >= 0.6 is 0 Å². The lowest BCUT2D eigenvalue weighted by Gasteiger charge is -2.04. The van der Waals surface area contributed by atoms with E-state index >= 15 is 0 Å². The SMILES string of the molecule is CCc1ccc(-n2nnc3c(=O)n4c(nc32)CCC4)cc1. The van der Waals surface area contributed by atoms with E-state index in [4.69, 9.17) is 0 Å². The zero-order chi connectivity index (χ0) is 14.4. The van der Waals surface area contributed by atoms with Crippen molar-refractivity contribution >= 4 is 11.2 Å². The molecular formula is C15H15N5O. The fourth-order valence-electron chi connectivity index (χ4n) is 2.81. The van der Waals surface area contributed by atoms with Gasteiger partial charge in [0.25, 0.3) is 5.56 Å². The number of benzene rings is 1. The van der Waals surface area contributed by atoms with Crippen LogP contribution in [0.3, 0.4) is 0 Å². The normalized spacial score (nSPS) is 13.8. The molecule has 0 saturated heterocycles. The van der Waals surface area contributed by atoms with Crippen LogP contribution in [0, 0.1) is 0 Å². The summed E-state index contributed by atoms with van der Waals surface area (Å²) in [5.41, 5.74) is 2.96. The molecule has 6 nitrogen and oxygen atoms in total. The van der Waals surface area contributed by atoms with Crippen LogP contribution in [-0.4, -0.2) is 24.5 Å². The van der Waals surface area contributed by atoms with Gasteiger partial charge < -0.3 is 0 Å². The minimum absolute atomic E-state index is 0.0797. The number of hydrogen-bond acceptors (Lipinski definition) is 4. The fraction of sp³-hybridized carbons (Fsp3) is 0.333. The van der Waals surface area contributed by atoms with Crippen molar-refractivity contribution in [1.82, 2.24) is 24.5 Å². The lowest BCUT2D eigenvalue weighted by molar-refractivity contribution is 0.717. The van der Waals surface area contributed by atoms with Crippen LogP contribution in [0.1, 0.15) is 24.7 Å². The molecule has 0 radical (unpaired) electrons. The minimum atomic E-state index is -0.0797. The van der Waals surface area contributed by atoms with Crippen molar-refractivity contribution in [3.63, 3.8) is 0 Å². The Labute approximate surface area is 121 Å². The fourth-order valence-corrected chi connectivity index (χ4v) is 2.81. The minimum Gasteiger partial charge on any atom is -0.295 e. The van der Waals surface area contributed by atoms with Crippen molar-refractivity contribution in [1.29, 1.82) is 0 Å². The molecule has 6 heteroatoms. The second-order valence-corrected chi connectivity index (χ2v) is 5.28. The van der Waals surface area contributed by atoms with Gasteiger partial charge in [-0.05, 0) is 30.5 Å². The Morgan fingerprint density at radius 1 is 1.24 bits per heavy atom. The predicted molar refractivity (Wildman–Crippen MR) is 78.6 cm³/mol. The Morgan fingerprint density at radius 3 is 2.81 bits per heavy atom. The highest BCUT2D eigenvalue weighted by Gasteiger charge is 2.20. The van der Waals surface area contributed by atoms with Crippen molar-refractivity contribution in [2.45, 2.75) is 32.7 Å². The van der Waals surface area contributed by atoms with Gasteiger partial charge in [0, 0.05) is 13.0 Å². The van der Waals surface area contributed by atoms with E-state index < -0.39 is 0 Å². The molecule has 1 aliphatic heterocycles. The Bertz CT molecular complexity index is 875. The molecular weight excluding hydrogens is 266 g/mol. The molecule has 4 rings (SSSR count). The Balaban J connectivity index is 1.93. The van der Waals surface area contributed by atoms with Crippen molar-refractivity contribution in [3.05, 3.63) is 46.0 Å². The third kappa shape index (κ3) is 1.79. The maximum Gasteiger partial charge on any atom is 0.283 e. The van der Waals surface area contributed by atoms with Gasteiger partial charge in [-0.25, -0.2) is 4.98 Å². The summed E-state index contributed by atoms with van der Waals surface area (Å²) in [6.45, 7) is 2.85. The van der Waals surface area contributed by atoms with E-state index in [1.54, 1.807) is 9.25 Å². The molecule has 0 amide bonds. The van der Waals surface area contributed by atoms with Gasteiger partial charge in [-0.1, -0.05) is 24.3 Å². The highest BCUT2D eigenvalue weighted by Crippen LogP contribution is 2.16. The summed E-state index contributed by atoms with van der Waals surface area (Å²) in [5, 5.41) is 8.15. The number of aryl methyl sites for hydroxylation is 2. The van der Waals surface area contributed by atoms with Crippen LogP contribution in [0.5, 0.6) is 0 Å². The molecule has 1 aromatic carbocycles. The zero-order valence-corrected chi connectivity index (χ0v) is 11.8. The lowest BCUT2D eigenvalue weighted by atomic mass is 10.1. The number of aromatic nitrogens is 5. The summed E-state index contributed by atoms with van der Waals surface area (Å²) < 4.78 is 3.36. The van der Waals surface area contributed by atoms with E-state index in [2.05, 4.69) is 34.4 Å². The topological polar surface area (TPSA) is 65.6 Å². The van der Waals surface area contributed by atoms with Gasteiger partial charge in [-0.3, -0.25) is 9.36 Å². The maximum atomic E-state index is 12.4. The van der Waals surface area contributed by atoms with Crippen molar-refractivity contribution in [2.24, 2.45) is 0 Å². The molecule has 0 aliphatic carbocycles. The summed E-state index contributed by atoms with van der Waals surface area (Å²) >= 11 is 0. The molecule has 0 fully saturated rings. The molecule has 1 aliphatic rings. The molecule has 0 bridgehead atoms. The quantitative estimate of drug-likeness (QED) is 0.713. The van der Waals surface area contributed by atoms with Crippen molar-refractivity contribution in [2.75, 3.05) is 0 Å². The second-order valence-electron chi connectivity index (χ2n) is 5.28. The first-order chi connectivity index (χ1) is 10.3. The van der Waals surface area contributed by atoms with Crippen LogP contribution in [0.4, 0.5) is 0 Å². The number of fused-ring (bicyclic) bond motifs is 2. The van der Waals surface area contributed by atoms with Crippen LogP contribution < -0.4 is 5.56 Å². The molecule has 106 valence electrons. The molecule has 21 heavy (non-hydrogen) atoms.